The lowest BCUT2D eigenvalue weighted by Crippen LogP contribution is -2.62. The lowest BCUT2D eigenvalue weighted by atomic mass is 10.1. The van der Waals surface area contributed by atoms with Gasteiger partial charge < -0.3 is 15.0 Å². The summed E-state index contributed by atoms with van der Waals surface area (Å²) in [6.45, 7) is 3.08. The van der Waals surface area contributed by atoms with E-state index in [4.69, 9.17) is 4.74 Å². The van der Waals surface area contributed by atoms with Crippen molar-refractivity contribution in [3.63, 3.8) is 0 Å². The third-order valence-electron chi connectivity index (χ3n) is 4.11. The van der Waals surface area contributed by atoms with Crippen molar-refractivity contribution in [2.75, 3.05) is 19.7 Å². The Morgan fingerprint density at radius 3 is 2.83 bits per heavy atom. The van der Waals surface area contributed by atoms with Gasteiger partial charge in [-0.2, -0.15) is 5.10 Å². The van der Waals surface area contributed by atoms with Crippen molar-refractivity contribution >= 4 is 11.8 Å². The van der Waals surface area contributed by atoms with Gasteiger partial charge in [-0.25, -0.2) is 0 Å². The molecule has 2 amide bonds. The van der Waals surface area contributed by atoms with Crippen molar-refractivity contribution in [1.82, 2.24) is 20.4 Å². The fraction of sp³-hybridized carbons (Fsp3) is 0.600. The fourth-order valence-electron chi connectivity index (χ4n) is 2.78. The minimum atomic E-state index is -0.411. The Morgan fingerprint density at radius 1 is 1.39 bits per heavy atom. The second kappa shape index (κ2) is 6.49. The van der Waals surface area contributed by atoms with Crippen molar-refractivity contribution in [2.24, 2.45) is 0 Å². The number of aromatic nitrogens is 2. The number of likely N-dealkylation sites (tertiary alicyclic amines) is 1. The third kappa shape index (κ3) is 3.42. The first-order valence-electron chi connectivity index (χ1n) is 7.82. The Balaban J connectivity index is 1.51. The van der Waals surface area contributed by atoms with Crippen LogP contribution in [0, 0.1) is 6.92 Å². The number of carbonyl (C=O) groups excluding carboxylic acids is 2. The average molecular weight is 320 g/mol. The van der Waals surface area contributed by atoms with E-state index in [2.05, 4.69) is 15.5 Å². The molecule has 0 spiro atoms. The number of hydrogen-bond acceptors (Lipinski definition) is 5. The molecule has 0 radical (unpaired) electrons. The maximum atomic E-state index is 12.2. The molecule has 2 N–H and O–H groups in total. The number of amides is 2. The first-order chi connectivity index (χ1) is 11.0. The minimum absolute atomic E-state index is 0.0958. The smallest absolute Gasteiger partial charge is 0.278 e. The Bertz CT molecular complexity index is 660. The number of hydrogen-bond donors (Lipinski definition) is 2. The van der Waals surface area contributed by atoms with Crippen molar-refractivity contribution in [3.05, 3.63) is 27.7 Å². The zero-order valence-corrected chi connectivity index (χ0v) is 13.0. The predicted molar refractivity (Wildman–Crippen MR) is 81.0 cm³/mol. The number of ether oxygens (including phenoxy) is 1. The quantitative estimate of drug-likeness (QED) is 0.788. The zero-order valence-electron chi connectivity index (χ0n) is 13.0. The molecular formula is C15H20N4O4. The van der Waals surface area contributed by atoms with Crippen LogP contribution >= 0.6 is 0 Å². The van der Waals surface area contributed by atoms with Crippen molar-refractivity contribution in [1.29, 1.82) is 0 Å². The lowest BCUT2D eigenvalue weighted by molar-refractivity contribution is -0.137. The number of rotatable bonds is 3. The molecule has 0 aliphatic carbocycles. The summed E-state index contributed by atoms with van der Waals surface area (Å²) < 4.78 is 5.43. The molecule has 2 aliphatic heterocycles. The molecule has 2 fully saturated rings. The normalized spacial score (nSPS) is 21.6. The molecule has 8 nitrogen and oxygen atoms in total. The lowest BCUT2D eigenvalue weighted by Gasteiger charge is -2.39. The second-order valence-corrected chi connectivity index (χ2v) is 6.03. The van der Waals surface area contributed by atoms with Crippen LogP contribution in [0.2, 0.25) is 0 Å². The van der Waals surface area contributed by atoms with E-state index in [9.17, 15) is 14.4 Å². The summed E-state index contributed by atoms with van der Waals surface area (Å²) in [5.74, 6) is -0.529. The second-order valence-electron chi connectivity index (χ2n) is 6.03. The molecule has 1 aromatic rings. The Kier molecular flexibility index (Phi) is 4.42. The van der Waals surface area contributed by atoms with Gasteiger partial charge in [0.2, 0.25) is 11.3 Å². The van der Waals surface area contributed by atoms with Gasteiger partial charge in [-0.1, -0.05) is 0 Å². The standard InChI is InChI=1S/C15H20N4O4/c1-9-6-11(20)13(18-17-9)15(22)19-7-10(8-19)16-14(21)12-4-2-3-5-23-12/h6,10,12H,2-5,7-8H2,1H3,(H,16,21)(H,17,20). The van der Waals surface area contributed by atoms with E-state index in [1.807, 2.05) is 0 Å². The first kappa shape index (κ1) is 15.7. The molecule has 0 aromatic carbocycles. The average Bonchev–Trinajstić information content (AvgIpc) is 2.50. The zero-order chi connectivity index (χ0) is 16.4. The van der Waals surface area contributed by atoms with E-state index < -0.39 is 11.3 Å². The summed E-state index contributed by atoms with van der Waals surface area (Å²) in [5, 5.41) is 9.31. The third-order valence-corrected chi connectivity index (χ3v) is 4.11. The van der Waals surface area contributed by atoms with Gasteiger partial charge in [0, 0.05) is 31.5 Å². The van der Waals surface area contributed by atoms with E-state index in [0.29, 0.717) is 25.4 Å². The van der Waals surface area contributed by atoms with Crippen LogP contribution in [-0.2, 0) is 9.53 Å². The van der Waals surface area contributed by atoms with Crippen LogP contribution in [0.15, 0.2) is 10.9 Å². The molecule has 3 heterocycles. The number of H-pyrrole nitrogens is 1. The molecule has 124 valence electrons. The summed E-state index contributed by atoms with van der Waals surface area (Å²) in [6, 6.07) is 1.25. The molecule has 2 aliphatic rings. The maximum Gasteiger partial charge on any atom is 0.278 e. The van der Waals surface area contributed by atoms with Gasteiger partial charge >= 0.3 is 0 Å². The highest BCUT2D eigenvalue weighted by molar-refractivity contribution is 5.93. The number of aromatic amines is 1. The van der Waals surface area contributed by atoms with Crippen LogP contribution in [0.4, 0.5) is 0 Å². The molecule has 0 bridgehead atoms. The summed E-state index contributed by atoms with van der Waals surface area (Å²) in [4.78, 5) is 37.5. The summed E-state index contributed by atoms with van der Waals surface area (Å²) in [7, 11) is 0. The summed E-state index contributed by atoms with van der Waals surface area (Å²) >= 11 is 0. The highest BCUT2D eigenvalue weighted by Gasteiger charge is 2.35. The van der Waals surface area contributed by atoms with Crippen LogP contribution in [-0.4, -0.2) is 58.8 Å². The Hall–Kier alpha value is -2.22. The maximum absolute atomic E-state index is 12.2. The van der Waals surface area contributed by atoms with Crippen molar-refractivity contribution in [2.45, 2.75) is 38.3 Å². The monoisotopic (exact) mass is 320 g/mol. The number of nitrogens with one attached hydrogen (secondary N) is 2. The van der Waals surface area contributed by atoms with E-state index in [0.717, 1.165) is 19.3 Å². The fourth-order valence-corrected chi connectivity index (χ4v) is 2.78. The van der Waals surface area contributed by atoms with Gasteiger partial charge in [-0.05, 0) is 26.2 Å². The Morgan fingerprint density at radius 2 is 2.17 bits per heavy atom. The number of nitrogens with zero attached hydrogens (tertiary/aromatic N) is 2. The van der Waals surface area contributed by atoms with Crippen molar-refractivity contribution in [3.8, 4) is 0 Å². The molecular weight excluding hydrogens is 300 g/mol. The van der Waals surface area contributed by atoms with Crippen LogP contribution in [0.3, 0.4) is 0 Å². The largest absolute Gasteiger partial charge is 0.368 e. The minimum Gasteiger partial charge on any atom is -0.368 e. The molecule has 2 saturated heterocycles. The number of aryl methyl sites for hydroxylation is 1. The van der Waals surface area contributed by atoms with Gasteiger partial charge in [0.15, 0.2) is 5.69 Å². The molecule has 0 saturated carbocycles. The van der Waals surface area contributed by atoms with Gasteiger partial charge in [0.1, 0.15) is 6.10 Å². The van der Waals surface area contributed by atoms with Gasteiger partial charge in [0.25, 0.3) is 5.91 Å². The van der Waals surface area contributed by atoms with Gasteiger partial charge in [-0.15, -0.1) is 0 Å². The van der Waals surface area contributed by atoms with E-state index in [1.54, 1.807) is 6.92 Å². The van der Waals surface area contributed by atoms with Crippen LogP contribution in [0.1, 0.15) is 35.4 Å². The van der Waals surface area contributed by atoms with E-state index >= 15 is 0 Å². The van der Waals surface area contributed by atoms with Crippen molar-refractivity contribution < 1.29 is 14.3 Å². The molecule has 8 heteroatoms. The van der Waals surface area contributed by atoms with Gasteiger partial charge in [-0.3, -0.25) is 19.5 Å². The SMILES string of the molecule is Cc1cc(=O)c(C(=O)N2CC(NC(=O)C3CCCCO3)C2)n[nH]1. The molecule has 23 heavy (non-hydrogen) atoms. The molecule has 3 rings (SSSR count). The highest BCUT2D eigenvalue weighted by atomic mass is 16.5. The summed E-state index contributed by atoms with van der Waals surface area (Å²) in [6.07, 6.45) is 2.35. The van der Waals surface area contributed by atoms with E-state index in [1.165, 1.54) is 11.0 Å². The molecule has 1 aromatic heterocycles. The molecule has 1 unspecified atom stereocenters. The van der Waals surface area contributed by atoms with Gasteiger partial charge in [0.05, 0.1) is 6.04 Å². The number of carbonyl (C=O) groups is 2. The van der Waals surface area contributed by atoms with Crippen LogP contribution in [0.25, 0.3) is 0 Å². The van der Waals surface area contributed by atoms with Crippen LogP contribution < -0.4 is 10.7 Å². The molecule has 1 atom stereocenters. The van der Waals surface area contributed by atoms with Crippen LogP contribution in [0.5, 0.6) is 0 Å². The first-order valence-corrected chi connectivity index (χ1v) is 7.82. The predicted octanol–water partition coefficient (Wildman–Crippen LogP) is -0.412. The summed E-state index contributed by atoms with van der Waals surface area (Å²) in [5.41, 5.74) is 0.0955. The van der Waals surface area contributed by atoms with E-state index in [-0.39, 0.29) is 23.7 Å². The Labute approximate surface area is 133 Å². The highest BCUT2D eigenvalue weighted by Crippen LogP contribution is 2.15. The topological polar surface area (TPSA) is 104 Å².